The van der Waals surface area contributed by atoms with Crippen LogP contribution in [0.4, 0.5) is 0 Å². The molecule has 0 radical (unpaired) electrons. The van der Waals surface area contributed by atoms with Crippen molar-refractivity contribution in [3.8, 4) is 28.4 Å². The molecule has 0 spiro atoms. The van der Waals surface area contributed by atoms with Crippen molar-refractivity contribution >= 4 is 11.9 Å². The Hall–Kier alpha value is -4.00. The molecule has 0 heterocycles. The number of esters is 1. The molecule has 0 fully saturated rings. The van der Waals surface area contributed by atoms with Crippen molar-refractivity contribution < 1.29 is 33.6 Å². The summed E-state index contributed by atoms with van der Waals surface area (Å²) >= 11 is 0. The van der Waals surface area contributed by atoms with Crippen LogP contribution in [0.25, 0.3) is 11.1 Å². The fourth-order valence-electron chi connectivity index (χ4n) is 4.45. The third-order valence-corrected chi connectivity index (χ3v) is 6.53. The Morgan fingerprint density at radius 1 is 0.732 bits per heavy atom. The summed E-state index contributed by atoms with van der Waals surface area (Å²) in [5.41, 5.74) is 3.18. The van der Waals surface area contributed by atoms with Gasteiger partial charge in [-0.05, 0) is 66.8 Å². The van der Waals surface area contributed by atoms with E-state index in [0.717, 1.165) is 49.8 Å². The number of unbranched alkanes of at least 4 members (excludes halogenated alkanes) is 4. The van der Waals surface area contributed by atoms with Crippen LogP contribution in [0.3, 0.4) is 0 Å². The average molecular weight is 563 g/mol. The van der Waals surface area contributed by atoms with Gasteiger partial charge in [-0.15, -0.1) is 0 Å². The Labute approximate surface area is 243 Å². The SMILES string of the molecule is CCCCCOc1ccc(COc2cccc(CC(=O)O)c2-c2cccc(C(=O)OCC)c2)cc1OCCCCC. The Kier molecular flexibility index (Phi) is 13.0. The lowest BCUT2D eigenvalue weighted by molar-refractivity contribution is -0.136. The van der Waals surface area contributed by atoms with Gasteiger partial charge in [0, 0.05) is 5.56 Å². The van der Waals surface area contributed by atoms with E-state index in [0.29, 0.717) is 47.0 Å². The Balaban J connectivity index is 1.88. The molecule has 3 aromatic carbocycles. The Bertz CT molecular complexity index is 1270. The van der Waals surface area contributed by atoms with Gasteiger partial charge in [-0.2, -0.15) is 0 Å². The quantitative estimate of drug-likeness (QED) is 0.125. The molecule has 0 unspecified atom stereocenters. The summed E-state index contributed by atoms with van der Waals surface area (Å²) in [6.07, 6.45) is 6.23. The van der Waals surface area contributed by atoms with Crippen molar-refractivity contribution in [1.29, 1.82) is 0 Å². The van der Waals surface area contributed by atoms with Crippen LogP contribution < -0.4 is 14.2 Å². The molecule has 0 aliphatic rings. The van der Waals surface area contributed by atoms with Gasteiger partial charge in [0.2, 0.25) is 0 Å². The van der Waals surface area contributed by atoms with Gasteiger partial charge < -0.3 is 24.1 Å². The fraction of sp³-hybridized carbons (Fsp3) is 0.412. The van der Waals surface area contributed by atoms with E-state index in [9.17, 15) is 14.7 Å². The molecular formula is C34H42O7. The van der Waals surface area contributed by atoms with Crippen LogP contribution in [0.5, 0.6) is 17.2 Å². The number of ether oxygens (including phenoxy) is 4. The van der Waals surface area contributed by atoms with Crippen LogP contribution in [0, 0.1) is 0 Å². The molecular weight excluding hydrogens is 520 g/mol. The monoisotopic (exact) mass is 562 g/mol. The molecule has 41 heavy (non-hydrogen) atoms. The number of carbonyl (C=O) groups is 2. The predicted molar refractivity (Wildman–Crippen MR) is 160 cm³/mol. The van der Waals surface area contributed by atoms with Gasteiger partial charge in [0.1, 0.15) is 12.4 Å². The number of carbonyl (C=O) groups excluding carboxylic acids is 1. The van der Waals surface area contributed by atoms with Crippen LogP contribution in [-0.2, 0) is 22.6 Å². The van der Waals surface area contributed by atoms with Crippen LogP contribution in [0.2, 0.25) is 0 Å². The summed E-state index contributed by atoms with van der Waals surface area (Å²) < 4.78 is 23.6. The van der Waals surface area contributed by atoms with E-state index in [2.05, 4.69) is 13.8 Å². The average Bonchev–Trinajstić information content (AvgIpc) is 2.97. The zero-order chi connectivity index (χ0) is 29.5. The lowest BCUT2D eigenvalue weighted by Crippen LogP contribution is -2.07. The van der Waals surface area contributed by atoms with E-state index in [1.54, 1.807) is 37.3 Å². The van der Waals surface area contributed by atoms with Crippen molar-refractivity contribution in [2.75, 3.05) is 19.8 Å². The first-order valence-electron chi connectivity index (χ1n) is 14.6. The maximum absolute atomic E-state index is 12.4. The zero-order valence-electron chi connectivity index (χ0n) is 24.4. The van der Waals surface area contributed by atoms with E-state index in [-0.39, 0.29) is 19.6 Å². The van der Waals surface area contributed by atoms with Gasteiger partial charge in [-0.25, -0.2) is 4.79 Å². The predicted octanol–water partition coefficient (Wildman–Crippen LogP) is 7.87. The number of aliphatic carboxylic acids is 1. The smallest absolute Gasteiger partial charge is 0.338 e. The van der Waals surface area contributed by atoms with E-state index < -0.39 is 11.9 Å². The largest absolute Gasteiger partial charge is 0.490 e. The number of rotatable bonds is 18. The van der Waals surface area contributed by atoms with Gasteiger partial charge in [0.15, 0.2) is 11.5 Å². The molecule has 3 rings (SSSR count). The lowest BCUT2D eigenvalue weighted by atomic mass is 9.95. The van der Waals surface area contributed by atoms with E-state index in [1.807, 2.05) is 30.3 Å². The van der Waals surface area contributed by atoms with Gasteiger partial charge in [-0.1, -0.05) is 69.9 Å². The first-order chi connectivity index (χ1) is 20.0. The van der Waals surface area contributed by atoms with Crippen LogP contribution in [0.1, 0.15) is 80.8 Å². The molecule has 0 aliphatic carbocycles. The second-order valence-electron chi connectivity index (χ2n) is 9.84. The molecule has 0 atom stereocenters. The van der Waals surface area contributed by atoms with E-state index in [4.69, 9.17) is 18.9 Å². The van der Waals surface area contributed by atoms with Crippen molar-refractivity contribution in [1.82, 2.24) is 0 Å². The topological polar surface area (TPSA) is 91.3 Å². The second kappa shape index (κ2) is 17.0. The van der Waals surface area contributed by atoms with Gasteiger partial charge in [0.25, 0.3) is 0 Å². The molecule has 0 saturated carbocycles. The summed E-state index contributed by atoms with van der Waals surface area (Å²) in [6, 6.07) is 18.2. The highest BCUT2D eigenvalue weighted by molar-refractivity contribution is 5.92. The third kappa shape index (κ3) is 9.85. The van der Waals surface area contributed by atoms with Crippen molar-refractivity contribution in [3.05, 3.63) is 77.4 Å². The molecule has 0 aromatic heterocycles. The maximum atomic E-state index is 12.4. The number of hydrogen-bond donors (Lipinski definition) is 1. The van der Waals surface area contributed by atoms with Crippen LogP contribution >= 0.6 is 0 Å². The highest BCUT2D eigenvalue weighted by Gasteiger charge is 2.17. The minimum atomic E-state index is -0.954. The fourth-order valence-corrected chi connectivity index (χ4v) is 4.45. The minimum absolute atomic E-state index is 0.185. The van der Waals surface area contributed by atoms with Gasteiger partial charge in [0.05, 0.1) is 31.8 Å². The van der Waals surface area contributed by atoms with Crippen molar-refractivity contribution in [2.45, 2.75) is 72.3 Å². The second-order valence-corrected chi connectivity index (χ2v) is 9.84. The lowest BCUT2D eigenvalue weighted by Gasteiger charge is -2.17. The summed E-state index contributed by atoms with van der Waals surface area (Å²) in [5, 5.41) is 9.56. The summed E-state index contributed by atoms with van der Waals surface area (Å²) in [6.45, 7) is 7.83. The molecule has 0 aliphatic heterocycles. The number of hydrogen-bond acceptors (Lipinski definition) is 6. The van der Waals surface area contributed by atoms with Crippen LogP contribution in [-0.4, -0.2) is 36.9 Å². The molecule has 3 aromatic rings. The molecule has 220 valence electrons. The summed E-state index contributed by atoms with van der Waals surface area (Å²) in [7, 11) is 0. The Morgan fingerprint density at radius 3 is 2.12 bits per heavy atom. The molecule has 1 N–H and O–H groups in total. The molecule has 0 bridgehead atoms. The first-order valence-corrected chi connectivity index (χ1v) is 14.6. The van der Waals surface area contributed by atoms with Crippen LogP contribution in [0.15, 0.2) is 60.7 Å². The number of benzene rings is 3. The zero-order valence-corrected chi connectivity index (χ0v) is 24.4. The maximum Gasteiger partial charge on any atom is 0.338 e. The normalized spacial score (nSPS) is 10.7. The van der Waals surface area contributed by atoms with Gasteiger partial charge >= 0.3 is 11.9 Å². The number of carboxylic acids is 1. The van der Waals surface area contributed by atoms with E-state index in [1.165, 1.54) is 0 Å². The molecule has 0 amide bonds. The highest BCUT2D eigenvalue weighted by atomic mass is 16.5. The molecule has 7 nitrogen and oxygen atoms in total. The first kappa shape index (κ1) is 31.5. The number of carboxylic acid groups (broad SMARTS) is 1. The van der Waals surface area contributed by atoms with Crippen molar-refractivity contribution in [2.24, 2.45) is 0 Å². The van der Waals surface area contributed by atoms with E-state index >= 15 is 0 Å². The molecule has 7 heteroatoms. The van der Waals surface area contributed by atoms with Crippen molar-refractivity contribution in [3.63, 3.8) is 0 Å². The highest BCUT2D eigenvalue weighted by Crippen LogP contribution is 2.36. The minimum Gasteiger partial charge on any atom is -0.490 e. The Morgan fingerprint density at radius 2 is 1.44 bits per heavy atom. The summed E-state index contributed by atoms with van der Waals surface area (Å²) in [5.74, 6) is 0.553. The molecule has 0 saturated heterocycles. The standard InChI is InChI=1S/C34H42O7/c1-4-7-9-19-39-29-18-17-25(21-31(29)40-20-10-8-5-2)24-41-30-16-12-14-27(23-32(35)36)33(30)26-13-11-15-28(22-26)34(37)38-6-3/h11-18,21-22H,4-10,19-20,23-24H2,1-3H3,(H,35,36). The van der Waals surface area contributed by atoms with Gasteiger partial charge in [-0.3, -0.25) is 4.79 Å². The summed E-state index contributed by atoms with van der Waals surface area (Å²) in [4.78, 5) is 24.1. The third-order valence-electron chi connectivity index (χ3n) is 6.53.